The summed E-state index contributed by atoms with van der Waals surface area (Å²) in [5.41, 5.74) is 6.38. The van der Waals surface area contributed by atoms with E-state index in [2.05, 4.69) is 41.0 Å². The summed E-state index contributed by atoms with van der Waals surface area (Å²) in [6, 6.07) is 2.15. The standard InChI is InChI=1S/C23H26N2O/c1-2-19(26)14-16-7-6-10-18(13-16)20-11-12-24-23-22(20)21(15-25-23)17-8-4-3-5-9-17/h2,8,10-12,15-16H,1,3-7,9,13-14H2,(H,24,25). The van der Waals surface area contributed by atoms with Crippen molar-refractivity contribution in [3.63, 3.8) is 0 Å². The molecule has 0 saturated carbocycles. The molecule has 0 radical (unpaired) electrons. The van der Waals surface area contributed by atoms with Crippen LogP contribution in [0.4, 0.5) is 0 Å². The van der Waals surface area contributed by atoms with Crippen molar-refractivity contribution >= 4 is 28.0 Å². The molecule has 2 aromatic rings. The lowest BCUT2D eigenvalue weighted by atomic mass is 9.81. The molecule has 26 heavy (non-hydrogen) atoms. The van der Waals surface area contributed by atoms with Gasteiger partial charge >= 0.3 is 0 Å². The van der Waals surface area contributed by atoms with Crippen LogP contribution in [0.1, 0.15) is 62.5 Å². The first-order valence-corrected chi connectivity index (χ1v) is 9.76. The van der Waals surface area contributed by atoms with Crippen LogP contribution in [-0.2, 0) is 4.79 Å². The fourth-order valence-corrected chi connectivity index (χ4v) is 4.41. The molecule has 0 fully saturated rings. The number of hydrogen-bond acceptors (Lipinski definition) is 2. The van der Waals surface area contributed by atoms with Crippen LogP contribution in [0.25, 0.3) is 22.2 Å². The summed E-state index contributed by atoms with van der Waals surface area (Å²) in [5, 5.41) is 1.25. The Labute approximate surface area is 154 Å². The topological polar surface area (TPSA) is 45.8 Å². The molecule has 0 aliphatic heterocycles. The van der Waals surface area contributed by atoms with Crippen molar-refractivity contribution in [2.45, 2.75) is 51.4 Å². The second-order valence-corrected chi connectivity index (χ2v) is 7.51. The maximum atomic E-state index is 11.8. The van der Waals surface area contributed by atoms with Gasteiger partial charge in [-0.05, 0) is 79.7 Å². The Kier molecular flexibility index (Phi) is 4.87. The molecule has 0 saturated heterocycles. The van der Waals surface area contributed by atoms with Crippen LogP contribution < -0.4 is 0 Å². The van der Waals surface area contributed by atoms with Crippen LogP contribution in [-0.4, -0.2) is 15.8 Å². The average molecular weight is 346 g/mol. The monoisotopic (exact) mass is 346 g/mol. The van der Waals surface area contributed by atoms with Crippen molar-refractivity contribution in [3.05, 3.63) is 54.4 Å². The number of H-pyrrole nitrogens is 1. The molecule has 2 heterocycles. The minimum Gasteiger partial charge on any atom is -0.346 e. The number of allylic oxidation sites excluding steroid dienone is 5. The number of rotatable bonds is 5. The van der Waals surface area contributed by atoms with Gasteiger partial charge in [0.2, 0.25) is 0 Å². The van der Waals surface area contributed by atoms with E-state index < -0.39 is 0 Å². The van der Waals surface area contributed by atoms with Gasteiger partial charge < -0.3 is 4.98 Å². The van der Waals surface area contributed by atoms with Gasteiger partial charge in [0.05, 0.1) is 0 Å². The molecule has 2 aliphatic carbocycles. The Morgan fingerprint density at radius 1 is 1.23 bits per heavy atom. The van der Waals surface area contributed by atoms with Gasteiger partial charge in [0, 0.05) is 29.8 Å². The minimum atomic E-state index is 0.158. The number of hydrogen-bond donors (Lipinski definition) is 1. The van der Waals surface area contributed by atoms with Gasteiger partial charge in [-0.15, -0.1) is 0 Å². The van der Waals surface area contributed by atoms with Crippen molar-refractivity contribution < 1.29 is 4.79 Å². The zero-order valence-electron chi connectivity index (χ0n) is 15.3. The minimum absolute atomic E-state index is 0.158. The van der Waals surface area contributed by atoms with E-state index in [-0.39, 0.29) is 5.78 Å². The van der Waals surface area contributed by atoms with E-state index >= 15 is 0 Å². The fourth-order valence-electron chi connectivity index (χ4n) is 4.41. The second kappa shape index (κ2) is 7.45. The van der Waals surface area contributed by atoms with Crippen molar-refractivity contribution in [3.8, 4) is 0 Å². The van der Waals surface area contributed by atoms with Crippen LogP contribution in [0.2, 0.25) is 0 Å². The SMILES string of the molecule is C=CC(=O)CC1CCC=C(c2ccnc3[nH]cc(C4=CCCCC4)c23)C1. The average Bonchev–Trinajstić information content (AvgIpc) is 3.13. The van der Waals surface area contributed by atoms with E-state index in [4.69, 9.17) is 0 Å². The summed E-state index contributed by atoms with van der Waals surface area (Å²) in [4.78, 5) is 19.7. The van der Waals surface area contributed by atoms with Crippen LogP contribution >= 0.6 is 0 Å². The lowest BCUT2D eigenvalue weighted by Crippen LogP contribution is -2.11. The normalized spacial score (nSPS) is 20.5. The first kappa shape index (κ1) is 17.0. The highest BCUT2D eigenvalue weighted by Crippen LogP contribution is 2.39. The zero-order chi connectivity index (χ0) is 17.9. The smallest absolute Gasteiger partial charge is 0.155 e. The maximum absolute atomic E-state index is 11.8. The Hall–Kier alpha value is -2.42. The molecular weight excluding hydrogens is 320 g/mol. The quantitative estimate of drug-likeness (QED) is 0.690. The second-order valence-electron chi connectivity index (χ2n) is 7.51. The Morgan fingerprint density at radius 3 is 2.92 bits per heavy atom. The summed E-state index contributed by atoms with van der Waals surface area (Å²) < 4.78 is 0. The molecule has 0 amide bonds. The van der Waals surface area contributed by atoms with Gasteiger partial charge in [-0.2, -0.15) is 0 Å². The predicted molar refractivity (Wildman–Crippen MR) is 108 cm³/mol. The number of fused-ring (bicyclic) bond motifs is 1. The van der Waals surface area contributed by atoms with E-state index in [1.54, 1.807) is 0 Å². The number of aromatic nitrogens is 2. The highest BCUT2D eigenvalue weighted by molar-refractivity contribution is 5.99. The highest BCUT2D eigenvalue weighted by Gasteiger charge is 2.22. The van der Waals surface area contributed by atoms with E-state index in [0.29, 0.717) is 12.3 Å². The van der Waals surface area contributed by atoms with Crippen LogP contribution in [0.5, 0.6) is 0 Å². The predicted octanol–water partition coefficient (Wildman–Crippen LogP) is 5.85. The van der Waals surface area contributed by atoms with Gasteiger partial charge in [0.1, 0.15) is 5.65 Å². The van der Waals surface area contributed by atoms with Gasteiger partial charge in [-0.3, -0.25) is 4.79 Å². The molecule has 0 aromatic carbocycles. The third-order valence-electron chi connectivity index (χ3n) is 5.75. The van der Waals surface area contributed by atoms with E-state index in [0.717, 1.165) is 31.3 Å². The number of pyridine rings is 1. The largest absolute Gasteiger partial charge is 0.346 e. The van der Waals surface area contributed by atoms with Gasteiger partial charge in [-0.25, -0.2) is 4.98 Å². The van der Waals surface area contributed by atoms with E-state index in [1.165, 1.54) is 53.0 Å². The summed E-state index contributed by atoms with van der Waals surface area (Å²) in [6.45, 7) is 3.62. The van der Waals surface area contributed by atoms with Crippen molar-refractivity contribution in [1.29, 1.82) is 0 Å². The molecule has 1 unspecified atom stereocenters. The Balaban J connectivity index is 1.71. The lowest BCUT2D eigenvalue weighted by Gasteiger charge is -2.23. The molecule has 2 aromatic heterocycles. The number of nitrogens with zero attached hydrogens (tertiary/aromatic N) is 1. The molecule has 3 heteroatoms. The van der Waals surface area contributed by atoms with Crippen LogP contribution in [0.15, 0.2) is 43.3 Å². The van der Waals surface area contributed by atoms with Crippen molar-refractivity contribution in [2.24, 2.45) is 5.92 Å². The summed E-state index contributed by atoms with van der Waals surface area (Å²) in [7, 11) is 0. The molecule has 4 rings (SSSR count). The summed E-state index contributed by atoms with van der Waals surface area (Å²) in [6.07, 6.45) is 18.8. The maximum Gasteiger partial charge on any atom is 0.155 e. The van der Waals surface area contributed by atoms with Crippen molar-refractivity contribution in [1.82, 2.24) is 9.97 Å². The number of ketones is 1. The molecule has 3 nitrogen and oxygen atoms in total. The number of aromatic amines is 1. The molecule has 0 spiro atoms. The number of carbonyl (C=O) groups excluding carboxylic acids is 1. The first-order valence-electron chi connectivity index (χ1n) is 9.76. The lowest BCUT2D eigenvalue weighted by molar-refractivity contribution is -0.115. The summed E-state index contributed by atoms with van der Waals surface area (Å²) >= 11 is 0. The molecule has 1 N–H and O–H groups in total. The molecule has 2 aliphatic rings. The van der Waals surface area contributed by atoms with Crippen LogP contribution in [0, 0.1) is 5.92 Å². The van der Waals surface area contributed by atoms with Gasteiger partial charge in [-0.1, -0.05) is 18.7 Å². The summed E-state index contributed by atoms with van der Waals surface area (Å²) in [5.74, 6) is 0.575. The fraction of sp³-hybridized carbons (Fsp3) is 0.391. The first-order chi connectivity index (χ1) is 12.8. The third kappa shape index (κ3) is 3.31. The third-order valence-corrected chi connectivity index (χ3v) is 5.75. The number of carbonyl (C=O) groups is 1. The zero-order valence-corrected chi connectivity index (χ0v) is 15.3. The van der Waals surface area contributed by atoms with Crippen molar-refractivity contribution in [2.75, 3.05) is 0 Å². The van der Waals surface area contributed by atoms with E-state index in [1.807, 2.05) is 6.20 Å². The Morgan fingerprint density at radius 2 is 2.12 bits per heavy atom. The van der Waals surface area contributed by atoms with Gasteiger partial charge in [0.15, 0.2) is 5.78 Å². The molecular formula is C23H26N2O. The Bertz CT molecular complexity index is 900. The van der Waals surface area contributed by atoms with Gasteiger partial charge in [0.25, 0.3) is 0 Å². The highest BCUT2D eigenvalue weighted by atomic mass is 16.1. The van der Waals surface area contributed by atoms with E-state index in [9.17, 15) is 4.79 Å². The number of nitrogens with one attached hydrogen (secondary N) is 1. The van der Waals surface area contributed by atoms with Crippen LogP contribution in [0.3, 0.4) is 0 Å². The molecule has 0 bridgehead atoms. The molecule has 134 valence electrons. The molecule has 1 atom stereocenters.